The Morgan fingerprint density at radius 3 is 1.38 bits per heavy atom. The molecule has 0 saturated heterocycles. The van der Waals surface area contributed by atoms with Crippen LogP contribution in [-0.4, -0.2) is 60.5 Å². The van der Waals surface area contributed by atoms with Crippen molar-refractivity contribution >= 4 is 19.8 Å². The van der Waals surface area contributed by atoms with Crippen molar-refractivity contribution in [1.82, 2.24) is 0 Å². The third-order valence-corrected chi connectivity index (χ3v) is 11.9. The van der Waals surface area contributed by atoms with Gasteiger partial charge in [-0.2, -0.15) is 0 Å². The van der Waals surface area contributed by atoms with Crippen LogP contribution in [0.4, 0.5) is 0 Å². The Labute approximate surface area is 368 Å². The van der Waals surface area contributed by atoms with Crippen LogP contribution >= 0.6 is 7.82 Å². The second-order valence-electron chi connectivity index (χ2n) is 17.0. The van der Waals surface area contributed by atoms with E-state index in [1.807, 2.05) is 0 Å². The molecule has 0 fully saturated rings. The molecule has 3 unspecified atom stereocenters. The number of allylic oxidation sites excluding steroid dienone is 4. The first kappa shape index (κ1) is 58.5. The molecule has 0 bridgehead atoms. The van der Waals surface area contributed by atoms with Crippen molar-refractivity contribution in [2.24, 2.45) is 5.73 Å². The fourth-order valence-electron chi connectivity index (χ4n) is 7.11. The number of ether oxygens (including phenoxy) is 2. The normalized spacial score (nSPS) is 13.9. The van der Waals surface area contributed by atoms with Crippen LogP contribution in [0.5, 0.6) is 0 Å². The van der Waals surface area contributed by atoms with Gasteiger partial charge in [-0.3, -0.25) is 18.6 Å². The second kappa shape index (κ2) is 45.5. The highest BCUT2D eigenvalue weighted by Crippen LogP contribution is 2.43. The molecule has 0 rings (SSSR count). The number of rotatable bonds is 48. The zero-order valence-corrected chi connectivity index (χ0v) is 39.7. The SMILES string of the molecule is CCCCC/C=C\C/C=C\CCCCCCCCCC(=O)OC(COCCCCCCCCCCCCCCCCCCCCCCC)COP(=O)(O)OCC(N)C(=O)O. The minimum absolute atomic E-state index is 0.0184. The van der Waals surface area contributed by atoms with E-state index in [-0.39, 0.29) is 13.0 Å². The Kier molecular flexibility index (Phi) is 44.3. The average Bonchev–Trinajstić information content (AvgIpc) is 3.23. The lowest BCUT2D eigenvalue weighted by Crippen LogP contribution is -2.34. The molecule has 60 heavy (non-hydrogen) atoms. The molecule has 0 radical (unpaired) electrons. The summed E-state index contributed by atoms with van der Waals surface area (Å²) in [5.41, 5.74) is 5.37. The quantitative estimate of drug-likeness (QED) is 0.0233. The minimum Gasteiger partial charge on any atom is -0.480 e. The van der Waals surface area contributed by atoms with Gasteiger partial charge in [-0.1, -0.05) is 212 Å². The Balaban J connectivity index is 4.12. The summed E-state index contributed by atoms with van der Waals surface area (Å²) >= 11 is 0. The predicted molar refractivity (Wildman–Crippen MR) is 249 cm³/mol. The molecule has 0 aliphatic rings. The fraction of sp³-hybridized carbons (Fsp3) is 0.878. The standard InChI is InChI=1S/C49H94NO9P/c1-3-5-7-9-11-13-15-17-19-21-22-23-24-26-28-30-32-34-36-38-40-42-56-43-46(44-57-60(54,55)58-45-47(50)49(52)53)59-48(51)41-39-37-35-33-31-29-27-25-20-18-16-14-12-10-8-6-4-2/h12,14,18,20,46-47H,3-11,13,15-17,19,21-45,50H2,1-2H3,(H,52,53)(H,54,55)/b14-12-,20-18-. The summed E-state index contributed by atoms with van der Waals surface area (Å²) in [5, 5.41) is 8.92. The number of carbonyl (C=O) groups is 2. The topological polar surface area (TPSA) is 155 Å². The molecule has 0 aromatic rings. The van der Waals surface area contributed by atoms with Crippen LogP contribution in [0.25, 0.3) is 0 Å². The average molecular weight is 872 g/mol. The van der Waals surface area contributed by atoms with E-state index in [1.165, 1.54) is 161 Å². The number of esters is 1. The van der Waals surface area contributed by atoms with Gasteiger partial charge in [0.1, 0.15) is 12.1 Å². The van der Waals surface area contributed by atoms with Crippen molar-refractivity contribution in [3.05, 3.63) is 24.3 Å². The van der Waals surface area contributed by atoms with Crippen molar-refractivity contribution < 1.29 is 42.7 Å². The Bertz CT molecular complexity index is 1060. The first-order valence-corrected chi connectivity index (χ1v) is 26.4. The molecule has 10 nitrogen and oxygen atoms in total. The first-order chi connectivity index (χ1) is 29.2. The lowest BCUT2D eigenvalue weighted by Gasteiger charge is -2.20. The van der Waals surface area contributed by atoms with Gasteiger partial charge in [0.2, 0.25) is 0 Å². The number of nitrogens with two attached hydrogens (primary N) is 1. The van der Waals surface area contributed by atoms with Gasteiger partial charge in [0.15, 0.2) is 0 Å². The summed E-state index contributed by atoms with van der Waals surface area (Å²) in [5.74, 6) is -1.78. The van der Waals surface area contributed by atoms with Crippen molar-refractivity contribution in [1.29, 1.82) is 0 Å². The van der Waals surface area contributed by atoms with Gasteiger partial charge < -0.3 is 25.2 Å². The van der Waals surface area contributed by atoms with Crippen molar-refractivity contribution in [3.8, 4) is 0 Å². The van der Waals surface area contributed by atoms with Crippen molar-refractivity contribution in [3.63, 3.8) is 0 Å². The number of phosphoric acid groups is 1. The summed E-state index contributed by atoms with van der Waals surface area (Å²) in [6.45, 7) is 3.89. The molecule has 0 spiro atoms. The molecule has 0 heterocycles. The van der Waals surface area contributed by atoms with Crippen LogP contribution in [0, 0.1) is 0 Å². The van der Waals surface area contributed by atoms with Gasteiger partial charge >= 0.3 is 19.8 Å². The number of carboxylic acid groups (broad SMARTS) is 1. The van der Waals surface area contributed by atoms with Gasteiger partial charge in [-0.15, -0.1) is 0 Å². The van der Waals surface area contributed by atoms with Gasteiger partial charge in [0, 0.05) is 13.0 Å². The monoisotopic (exact) mass is 872 g/mol. The maximum atomic E-state index is 12.7. The number of phosphoric ester groups is 1. The highest BCUT2D eigenvalue weighted by molar-refractivity contribution is 7.47. The van der Waals surface area contributed by atoms with Crippen molar-refractivity contribution in [2.45, 2.75) is 251 Å². The van der Waals surface area contributed by atoms with Gasteiger partial charge in [0.05, 0.1) is 19.8 Å². The third-order valence-electron chi connectivity index (χ3n) is 11.0. The molecule has 354 valence electrons. The summed E-state index contributed by atoms with van der Waals surface area (Å²) in [4.78, 5) is 33.6. The number of aliphatic carboxylic acids is 1. The van der Waals surface area contributed by atoms with E-state index in [9.17, 15) is 19.0 Å². The third kappa shape index (κ3) is 44.5. The highest BCUT2D eigenvalue weighted by Gasteiger charge is 2.27. The van der Waals surface area contributed by atoms with Crippen LogP contribution in [0.3, 0.4) is 0 Å². The summed E-state index contributed by atoms with van der Waals surface area (Å²) in [6.07, 6.45) is 50.9. The summed E-state index contributed by atoms with van der Waals surface area (Å²) in [7, 11) is -4.62. The largest absolute Gasteiger partial charge is 0.480 e. The van der Waals surface area contributed by atoms with E-state index >= 15 is 0 Å². The predicted octanol–water partition coefficient (Wildman–Crippen LogP) is 14.3. The first-order valence-electron chi connectivity index (χ1n) is 24.9. The second-order valence-corrected chi connectivity index (χ2v) is 18.4. The van der Waals surface area contributed by atoms with Crippen LogP contribution in [-0.2, 0) is 32.7 Å². The molecular formula is C49H94NO9P. The molecule has 0 amide bonds. The van der Waals surface area contributed by atoms with E-state index in [0.717, 1.165) is 51.4 Å². The molecule has 0 aromatic heterocycles. The van der Waals surface area contributed by atoms with Gasteiger partial charge in [-0.25, -0.2) is 4.57 Å². The maximum absolute atomic E-state index is 12.7. The van der Waals surface area contributed by atoms with Gasteiger partial charge in [-0.05, 0) is 44.9 Å². The van der Waals surface area contributed by atoms with E-state index in [1.54, 1.807) is 0 Å². The maximum Gasteiger partial charge on any atom is 0.472 e. The highest BCUT2D eigenvalue weighted by atomic mass is 31.2. The lowest BCUT2D eigenvalue weighted by atomic mass is 10.0. The molecule has 0 aliphatic carbocycles. The molecule has 0 aromatic carbocycles. The lowest BCUT2D eigenvalue weighted by molar-refractivity contribution is -0.154. The molecular weight excluding hydrogens is 778 g/mol. The Morgan fingerprint density at radius 1 is 0.533 bits per heavy atom. The minimum atomic E-state index is -4.62. The van der Waals surface area contributed by atoms with Crippen LogP contribution in [0.1, 0.15) is 239 Å². The summed E-state index contributed by atoms with van der Waals surface area (Å²) < 4.78 is 33.5. The molecule has 3 atom stereocenters. The van der Waals surface area contributed by atoms with E-state index in [4.69, 9.17) is 29.4 Å². The fourth-order valence-corrected chi connectivity index (χ4v) is 7.88. The molecule has 0 aliphatic heterocycles. The number of hydrogen-bond donors (Lipinski definition) is 3. The Morgan fingerprint density at radius 2 is 0.917 bits per heavy atom. The molecule has 0 saturated carbocycles. The van der Waals surface area contributed by atoms with Crippen molar-refractivity contribution in [2.75, 3.05) is 26.4 Å². The molecule has 11 heteroatoms. The van der Waals surface area contributed by atoms with E-state index in [0.29, 0.717) is 13.0 Å². The number of carboxylic acids is 1. The van der Waals surface area contributed by atoms with E-state index < -0.39 is 45.1 Å². The van der Waals surface area contributed by atoms with Crippen LogP contribution in [0.15, 0.2) is 24.3 Å². The number of unbranched alkanes of at least 4 members (excludes halogenated alkanes) is 30. The smallest absolute Gasteiger partial charge is 0.472 e. The zero-order chi connectivity index (χ0) is 44.0. The number of hydrogen-bond acceptors (Lipinski definition) is 8. The Hall–Kier alpha value is -1.55. The van der Waals surface area contributed by atoms with Crippen LogP contribution in [0.2, 0.25) is 0 Å². The van der Waals surface area contributed by atoms with E-state index in [2.05, 4.69) is 38.2 Å². The van der Waals surface area contributed by atoms with Crippen LogP contribution < -0.4 is 5.73 Å². The summed E-state index contributed by atoms with van der Waals surface area (Å²) in [6, 6.07) is -1.47. The zero-order valence-electron chi connectivity index (χ0n) is 38.8. The molecule has 4 N–H and O–H groups in total. The van der Waals surface area contributed by atoms with Gasteiger partial charge in [0.25, 0.3) is 0 Å². The number of carbonyl (C=O) groups excluding carboxylic acids is 1.